The van der Waals surface area contributed by atoms with E-state index in [0.29, 0.717) is 0 Å². The first-order valence-corrected chi connectivity index (χ1v) is 11.8. The number of nitrogens with zero attached hydrogens (tertiary/aromatic N) is 5. The molecule has 3 aromatic heterocycles. The minimum absolute atomic E-state index is 0.0798. The lowest BCUT2D eigenvalue weighted by Crippen LogP contribution is -2.13. The number of hydrogen-bond acceptors (Lipinski definition) is 5. The van der Waals surface area contributed by atoms with Gasteiger partial charge in [-0.25, -0.2) is 4.98 Å². The van der Waals surface area contributed by atoms with Gasteiger partial charge >= 0.3 is 0 Å². The van der Waals surface area contributed by atoms with Crippen LogP contribution in [0.3, 0.4) is 0 Å². The molecule has 0 unspecified atom stereocenters. The third-order valence-corrected chi connectivity index (χ3v) is 6.43. The summed E-state index contributed by atoms with van der Waals surface area (Å²) in [6.45, 7) is 2.07. The normalized spacial score (nSPS) is 11.2. The fraction of sp³-hybridized carbons (Fsp3) is 0.207. The Morgan fingerprint density at radius 1 is 0.971 bits per heavy atom. The number of anilines is 1. The summed E-state index contributed by atoms with van der Waals surface area (Å²) in [5.41, 5.74) is 9.88. The van der Waals surface area contributed by atoms with Gasteiger partial charge in [0.25, 0.3) is 0 Å². The first-order chi connectivity index (χ1) is 17.0. The van der Waals surface area contributed by atoms with Crippen molar-refractivity contribution in [2.24, 2.45) is 7.05 Å². The zero-order valence-corrected chi connectivity index (χ0v) is 20.5. The van der Waals surface area contributed by atoms with E-state index in [4.69, 9.17) is 9.97 Å². The lowest BCUT2D eigenvalue weighted by Gasteiger charge is -2.23. The SMILES string of the molecule is CCc1nc2ccc(-c3c(CO)ccnc3-c3cncn3C)cc2c(N(C)C)c1-c1ccccc1. The summed E-state index contributed by atoms with van der Waals surface area (Å²) < 4.78 is 1.95. The molecule has 5 aromatic rings. The van der Waals surface area contributed by atoms with Crippen molar-refractivity contribution in [3.05, 3.63) is 84.6 Å². The first-order valence-electron chi connectivity index (χ1n) is 11.8. The van der Waals surface area contributed by atoms with Gasteiger partial charge in [0.1, 0.15) is 0 Å². The van der Waals surface area contributed by atoms with Crippen molar-refractivity contribution in [1.29, 1.82) is 0 Å². The van der Waals surface area contributed by atoms with E-state index >= 15 is 0 Å². The second-order valence-electron chi connectivity index (χ2n) is 8.87. The number of rotatable bonds is 6. The van der Waals surface area contributed by atoms with E-state index < -0.39 is 0 Å². The van der Waals surface area contributed by atoms with E-state index in [-0.39, 0.29) is 6.61 Å². The van der Waals surface area contributed by atoms with E-state index in [0.717, 1.165) is 67.9 Å². The molecule has 176 valence electrons. The van der Waals surface area contributed by atoms with Crippen molar-refractivity contribution in [1.82, 2.24) is 19.5 Å². The Balaban J connectivity index is 1.84. The van der Waals surface area contributed by atoms with Crippen LogP contribution in [0.25, 0.3) is 44.5 Å². The van der Waals surface area contributed by atoms with Crippen LogP contribution in [0.1, 0.15) is 18.2 Å². The molecule has 0 aliphatic carbocycles. The third kappa shape index (κ3) is 3.96. The monoisotopic (exact) mass is 463 g/mol. The smallest absolute Gasteiger partial charge is 0.0964 e. The van der Waals surface area contributed by atoms with Crippen LogP contribution < -0.4 is 4.90 Å². The molecular weight excluding hydrogens is 434 g/mol. The highest BCUT2D eigenvalue weighted by atomic mass is 16.3. The van der Waals surface area contributed by atoms with Gasteiger partial charge in [0.2, 0.25) is 0 Å². The number of aryl methyl sites for hydroxylation is 2. The molecule has 0 saturated heterocycles. The van der Waals surface area contributed by atoms with Gasteiger partial charge in [-0.2, -0.15) is 0 Å². The first kappa shape index (κ1) is 22.7. The van der Waals surface area contributed by atoms with Crippen molar-refractivity contribution in [3.63, 3.8) is 0 Å². The Hall–Kier alpha value is -4.03. The molecule has 0 radical (unpaired) electrons. The van der Waals surface area contributed by atoms with Gasteiger partial charge in [-0.1, -0.05) is 43.3 Å². The number of hydrogen-bond donors (Lipinski definition) is 1. The zero-order valence-electron chi connectivity index (χ0n) is 20.5. The second-order valence-corrected chi connectivity index (χ2v) is 8.87. The third-order valence-electron chi connectivity index (χ3n) is 6.43. The predicted octanol–water partition coefficient (Wildman–Crippen LogP) is 5.49. The molecular formula is C29H29N5O. The standard InChI is InChI=1S/C29H29N5O/c1-5-23-27(19-9-7-6-8-10-19)29(33(2)3)22-15-20(11-12-24(22)32-23)26-21(17-35)13-14-31-28(26)25-16-30-18-34(25)4/h6-16,18,35H,5,17H2,1-4H3. The van der Waals surface area contributed by atoms with Crippen LogP contribution in [0.5, 0.6) is 0 Å². The molecule has 0 atom stereocenters. The molecule has 0 aliphatic rings. The van der Waals surface area contributed by atoms with Crippen molar-refractivity contribution < 1.29 is 5.11 Å². The van der Waals surface area contributed by atoms with E-state index in [1.165, 1.54) is 0 Å². The molecule has 0 fully saturated rings. The number of benzene rings is 2. The Labute approximate surface area is 205 Å². The molecule has 6 nitrogen and oxygen atoms in total. The van der Waals surface area contributed by atoms with E-state index in [2.05, 4.69) is 73.4 Å². The minimum Gasteiger partial charge on any atom is -0.392 e. The summed E-state index contributed by atoms with van der Waals surface area (Å²) >= 11 is 0. The number of pyridine rings is 2. The maximum absolute atomic E-state index is 10.2. The van der Waals surface area contributed by atoms with Gasteiger partial charge in [-0.15, -0.1) is 0 Å². The summed E-state index contributed by atoms with van der Waals surface area (Å²) in [4.78, 5) is 16.2. The van der Waals surface area contributed by atoms with E-state index in [1.807, 2.05) is 29.9 Å². The topological polar surface area (TPSA) is 67.1 Å². The summed E-state index contributed by atoms with van der Waals surface area (Å²) in [6.07, 6.45) is 6.15. The van der Waals surface area contributed by atoms with Crippen molar-refractivity contribution >= 4 is 16.6 Å². The summed E-state index contributed by atoms with van der Waals surface area (Å²) in [6, 6.07) is 18.7. The molecule has 2 aromatic carbocycles. The van der Waals surface area contributed by atoms with Gasteiger partial charge < -0.3 is 14.6 Å². The number of aliphatic hydroxyl groups excluding tert-OH is 1. The van der Waals surface area contributed by atoms with E-state index in [9.17, 15) is 5.11 Å². The van der Waals surface area contributed by atoms with Gasteiger partial charge in [-0.3, -0.25) is 9.97 Å². The minimum atomic E-state index is -0.0798. The molecule has 0 aliphatic heterocycles. The van der Waals surface area contributed by atoms with Crippen LogP contribution in [-0.4, -0.2) is 38.7 Å². The molecule has 5 rings (SSSR count). The molecule has 6 heteroatoms. The molecule has 3 heterocycles. The quantitative estimate of drug-likeness (QED) is 0.361. The average molecular weight is 464 g/mol. The Bertz CT molecular complexity index is 1510. The number of aromatic nitrogens is 4. The summed E-state index contributed by atoms with van der Waals surface area (Å²) in [5, 5.41) is 11.3. The second kappa shape index (κ2) is 9.31. The Kier molecular flexibility index (Phi) is 6.05. The Morgan fingerprint density at radius 3 is 2.43 bits per heavy atom. The van der Waals surface area contributed by atoms with E-state index in [1.54, 1.807) is 12.5 Å². The summed E-state index contributed by atoms with van der Waals surface area (Å²) in [7, 11) is 6.11. The van der Waals surface area contributed by atoms with Crippen LogP contribution in [0.2, 0.25) is 0 Å². The van der Waals surface area contributed by atoms with Gasteiger partial charge in [0.15, 0.2) is 0 Å². The van der Waals surface area contributed by atoms with Gasteiger partial charge in [0.05, 0.1) is 47.4 Å². The maximum atomic E-state index is 10.2. The molecule has 1 N–H and O–H groups in total. The molecule has 0 saturated carbocycles. The average Bonchev–Trinajstić information content (AvgIpc) is 3.32. The highest BCUT2D eigenvalue weighted by Crippen LogP contribution is 2.41. The molecule has 0 spiro atoms. The Morgan fingerprint density at radius 2 is 1.77 bits per heavy atom. The van der Waals surface area contributed by atoms with Crippen LogP contribution in [0, 0.1) is 0 Å². The molecule has 0 bridgehead atoms. The highest BCUT2D eigenvalue weighted by Gasteiger charge is 2.20. The summed E-state index contributed by atoms with van der Waals surface area (Å²) in [5.74, 6) is 0. The van der Waals surface area contributed by atoms with Crippen LogP contribution in [0.4, 0.5) is 5.69 Å². The molecule has 35 heavy (non-hydrogen) atoms. The van der Waals surface area contributed by atoms with Gasteiger partial charge in [-0.05, 0) is 41.3 Å². The number of aliphatic hydroxyl groups is 1. The predicted molar refractivity (Wildman–Crippen MR) is 142 cm³/mol. The van der Waals surface area contributed by atoms with Crippen molar-refractivity contribution in [2.45, 2.75) is 20.0 Å². The lowest BCUT2D eigenvalue weighted by atomic mass is 9.93. The fourth-order valence-electron chi connectivity index (χ4n) is 4.82. The lowest BCUT2D eigenvalue weighted by molar-refractivity contribution is 0.282. The molecule has 0 amide bonds. The number of imidazole rings is 1. The highest BCUT2D eigenvalue weighted by molar-refractivity contribution is 6.03. The van der Waals surface area contributed by atoms with Crippen molar-refractivity contribution in [3.8, 4) is 33.6 Å². The maximum Gasteiger partial charge on any atom is 0.0964 e. The van der Waals surface area contributed by atoms with Crippen LogP contribution in [0.15, 0.2) is 73.3 Å². The van der Waals surface area contributed by atoms with Crippen LogP contribution >= 0.6 is 0 Å². The zero-order chi connectivity index (χ0) is 24.5. The van der Waals surface area contributed by atoms with Crippen LogP contribution in [-0.2, 0) is 20.1 Å². The largest absolute Gasteiger partial charge is 0.392 e. The fourth-order valence-corrected chi connectivity index (χ4v) is 4.82. The number of fused-ring (bicyclic) bond motifs is 1. The van der Waals surface area contributed by atoms with Crippen molar-refractivity contribution in [2.75, 3.05) is 19.0 Å². The van der Waals surface area contributed by atoms with Gasteiger partial charge in [0, 0.05) is 43.9 Å².